The van der Waals surface area contributed by atoms with Crippen LogP contribution in [0.2, 0.25) is 0 Å². The maximum atomic E-state index is 9.89. The molecule has 0 aromatic heterocycles. The fourth-order valence-electron chi connectivity index (χ4n) is 1.30. The molecule has 0 heterocycles. The Labute approximate surface area is 84.2 Å². The van der Waals surface area contributed by atoms with Crippen LogP contribution in [0, 0.1) is 11.3 Å². The second-order valence-corrected chi connectivity index (χ2v) is 3.39. The van der Waals surface area contributed by atoms with Gasteiger partial charge in [0.25, 0.3) is 0 Å². The first kappa shape index (κ1) is 10.7. The molecule has 0 aliphatic heterocycles. The Bertz CT molecular complexity index is 316. The van der Waals surface area contributed by atoms with E-state index in [1.54, 1.807) is 19.0 Å². The second kappa shape index (κ2) is 4.75. The summed E-state index contributed by atoms with van der Waals surface area (Å²) < 4.78 is 0. The maximum Gasteiger partial charge on any atom is 0.128 e. The van der Waals surface area contributed by atoms with Gasteiger partial charge in [-0.25, -0.2) is 0 Å². The summed E-state index contributed by atoms with van der Waals surface area (Å²) in [7, 11) is 3.56. The summed E-state index contributed by atoms with van der Waals surface area (Å²) in [4.78, 5) is 1.71. The molecule has 1 rings (SSSR count). The van der Waals surface area contributed by atoms with Crippen LogP contribution in [0.3, 0.4) is 0 Å². The zero-order chi connectivity index (χ0) is 10.6. The van der Waals surface area contributed by atoms with Crippen LogP contribution in [-0.2, 0) is 0 Å². The predicted molar refractivity (Wildman–Crippen MR) is 54.5 cm³/mol. The third-order valence-electron chi connectivity index (χ3n) is 2.13. The molecule has 14 heavy (non-hydrogen) atoms. The summed E-state index contributed by atoms with van der Waals surface area (Å²) in [5, 5.41) is 18.8. The van der Waals surface area contributed by atoms with Crippen molar-refractivity contribution in [3.05, 3.63) is 35.9 Å². The van der Waals surface area contributed by atoms with Crippen molar-refractivity contribution in [3.8, 4) is 6.07 Å². The Balaban J connectivity index is 2.85. The van der Waals surface area contributed by atoms with E-state index in [-0.39, 0.29) is 0 Å². The average molecular weight is 190 g/mol. The molecule has 3 heteroatoms. The smallest absolute Gasteiger partial charge is 0.128 e. The Hall–Kier alpha value is -1.37. The van der Waals surface area contributed by atoms with Crippen LogP contribution >= 0.6 is 0 Å². The van der Waals surface area contributed by atoms with Crippen LogP contribution in [0.1, 0.15) is 11.7 Å². The number of benzene rings is 1. The molecule has 0 aliphatic carbocycles. The number of likely N-dealkylation sites (N-methyl/N-ethyl adjacent to an activating group) is 1. The second-order valence-electron chi connectivity index (χ2n) is 3.39. The minimum Gasteiger partial charge on any atom is -0.386 e. The lowest BCUT2D eigenvalue weighted by atomic mass is 10.0. The van der Waals surface area contributed by atoms with Crippen molar-refractivity contribution >= 4 is 0 Å². The highest BCUT2D eigenvalue weighted by molar-refractivity contribution is 5.21. The van der Waals surface area contributed by atoms with E-state index in [9.17, 15) is 5.11 Å². The molecule has 1 aromatic rings. The molecular weight excluding hydrogens is 176 g/mol. The summed E-state index contributed by atoms with van der Waals surface area (Å²) in [6.45, 7) is 0. The van der Waals surface area contributed by atoms with Gasteiger partial charge in [0, 0.05) is 0 Å². The van der Waals surface area contributed by atoms with Crippen molar-refractivity contribution in [2.45, 2.75) is 12.1 Å². The zero-order valence-corrected chi connectivity index (χ0v) is 8.38. The van der Waals surface area contributed by atoms with Crippen LogP contribution in [0.25, 0.3) is 0 Å². The van der Waals surface area contributed by atoms with Gasteiger partial charge >= 0.3 is 0 Å². The van der Waals surface area contributed by atoms with E-state index in [0.29, 0.717) is 0 Å². The Morgan fingerprint density at radius 2 is 1.86 bits per heavy atom. The number of hydrogen-bond donors (Lipinski definition) is 1. The summed E-state index contributed by atoms with van der Waals surface area (Å²) in [5.74, 6) is 0. The van der Waals surface area contributed by atoms with Crippen molar-refractivity contribution < 1.29 is 5.11 Å². The van der Waals surface area contributed by atoms with E-state index >= 15 is 0 Å². The average Bonchev–Trinajstić information content (AvgIpc) is 2.19. The number of rotatable bonds is 3. The topological polar surface area (TPSA) is 47.3 Å². The van der Waals surface area contributed by atoms with E-state index in [4.69, 9.17) is 5.26 Å². The first-order valence-corrected chi connectivity index (χ1v) is 4.46. The third kappa shape index (κ3) is 2.32. The fourth-order valence-corrected chi connectivity index (χ4v) is 1.30. The lowest BCUT2D eigenvalue weighted by molar-refractivity contribution is 0.104. The van der Waals surface area contributed by atoms with Gasteiger partial charge in [0.15, 0.2) is 0 Å². The third-order valence-corrected chi connectivity index (χ3v) is 2.13. The van der Waals surface area contributed by atoms with Gasteiger partial charge < -0.3 is 5.11 Å². The highest BCUT2D eigenvalue weighted by Gasteiger charge is 2.21. The summed E-state index contributed by atoms with van der Waals surface area (Å²) in [6, 6.07) is 10.8. The minimum absolute atomic E-state index is 0.502. The maximum absolute atomic E-state index is 9.89. The van der Waals surface area contributed by atoms with E-state index in [1.807, 2.05) is 30.3 Å². The van der Waals surface area contributed by atoms with Gasteiger partial charge in [-0.05, 0) is 19.7 Å². The molecule has 2 atom stereocenters. The minimum atomic E-state index is -0.754. The Kier molecular flexibility index (Phi) is 3.63. The van der Waals surface area contributed by atoms with Crippen molar-refractivity contribution in [1.82, 2.24) is 4.90 Å². The first-order valence-electron chi connectivity index (χ1n) is 4.46. The lowest BCUT2D eigenvalue weighted by Gasteiger charge is -2.22. The predicted octanol–water partition coefficient (Wildman–Crippen LogP) is 1.17. The highest BCUT2D eigenvalue weighted by Crippen LogP contribution is 2.18. The Morgan fingerprint density at radius 3 is 2.29 bits per heavy atom. The molecule has 0 amide bonds. The monoisotopic (exact) mass is 190 g/mol. The molecule has 0 radical (unpaired) electrons. The molecule has 1 N–H and O–H groups in total. The lowest BCUT2D eigenvalue weighted by Crippen LogP contribution is -2.32. The van der Waals surface area contributed by atoms with E-state index < -0.39 is 12.1 Å². The molecule has 0 saturated carbocycles. The van der Waals surface area contributed by atoms with Crippen LogP contribution in [0.4, 0.5) is 0 Å². The molecule has 0 saturated heterocycles. The molecule has 74 valence electrons. The number of aliphatic hydroxyl groups is 1. The standard InChI is InChI=1S/C11H14N2O/c1-13(2)10(8-12)11(14)9-6-4-3-5-7-9/h3-7,10-11,14H,1-2H3. The molecule has 1 aromatic carbocycles. The van der Waals surface area contributed by atoms with Crippen molar-refractivity contribution in [2.75, 3.05) is 14.1 Å². The van der Waals surface area contributed by atoms with Gasteiger partial charge in [-0.15, -0.1) is 0 Å². The molecule has 3 nitrogen and oxygen atoms in total. The summed E-state index contributed by atoms with van der Waals surface area (Å²) >= 11 is 0. The molecule has 0 bridgehead atoms. The largest absolute Gasteiger partial charge is 0.386 e. The van der Waals surface area contributed by atoms with Crippen LogP contribution in [0.15, 0.2) is 30.3 Å². The fraction of sp³-hybridized carbons (Fsp3) is 0.364. The molecular formula is C11H14N2O. The van der Waals surface area contributed by atoms with Gasteiger partial charge in [-0.1, -0.05) is 30.3 Å². The van der Waals surface area contributed by atoms with Crippen molar-refractivity contribution in [2.24, 2.45) is 0 Å². The van der Waals surface area contributed by atoms with E-state index in [1.165, 1.54) is 0 Å². The van der Waals surface area contributed by atoms with E-state index in [2.05, 4.69) is 6.07 Å². The highest BCUT2D eigenvalue weighted by atomic mass is 16.3. The molecule has 0 spiro atoms. The van der Waals surface area contributed by atoms with Gasteiger partial charge in [0.05, 0.1) is 6.07 Å². The number of nitriles is 1. The summed E-state index contributed by atoms with van der Waals surface area (Å²) in [5.41, 5.74) is 0.771. The van der Waals surface area contributed by atoms with Gasteiger partial charge in [-0.2, -0.15) is 5.26 Å². The number of nitrogens with zero attached hydrogens (tertiary/aromatic N) is 2. The van der Waals surface area contributed by atoms with Gasteiger partial charge in [-0.3, -0.25) is 4.90 Å². The van der Waals surface area contributed by atoms with Gasteiger partial charge in [0.2, 0.25) is 0 Å². The quantitative estimate of drug-likeness (QED) is 0.778. The van der Waals surface area contributed by atoms with Crippen molar-refractivity contribution in [3.63, 3.8) is 0 Å². The SMILES string of the molecule is CN(C)C(C#N)C(O)c1ccccc1. The molecule has 2 unspecified atom stereocenters. The van der Waals surface area contributed by atoms with Gasteiger partial charge in [0.1, 0.15) is 12.1 Å². The summed E-state index contributed by atoms with van der Waals surface area (Å²) in [6.07, 6.45) is -0.754. The number of hydrogen-bond acceptors (Lipinski definition) is 3. The molecule has 0 fully saturated rings. The van der Waals surface area contributed by atoms with Crippen LogP contribution in [-0.4, -0.2) is 30.1 Å². The zero-order valence-electron chi connectivity index (χ0n) is 8.38. The molecule has 0 aliphatic rings. The normalized spacial score (nSPS) is 14.8. The van der Waals surface area contributed by atoms with Crippen LogP contribution in [0.5, 0.6) is 0 Å². The van der Waals surface area contributed by atoms with Crippen molar-refractivity contribution in [1.29, 1.82) is 5.26 Å². The van der Waals surface area contributed by atoms with E-state index in [0.717, 1.165) is 5.56 Å². The Morgan fingerprint density at radius 1 is 1.29 bits per heavy atom. The van der Waals surface area contributed by atoms with Crippen LogP contribution < -0.4 is 0 Å². The number of aliphatic hydroxyl groups excluding tert-OH is 1. The first-order chi connectivity index (χ1) is 6.66.